The normalized spacial score (nSPS) is 10.0. The van der Waals surface area contributed by atoms with Gasteiger partial charge in [-0.3, -0.25) is 0 Å². The van der Waals surface area contributed by atoms with E-state index in [0.29, 0.717) is 5.95 Å². The molecule has 66 valence electrons. The van der Waals surface area contributed by atoms with Gasteiger partial charge < -0.3 is 10.6 Å². The van der Waals surface area contributed by atoms with E-state index in [1.807, 2.05) is 32.8 Å². The minimum absolute atomic E-state index is 0.343. The van der Waals surface area contributed by atoms with Crippen molar-refractivity contribution in [2.24, 2.45) is 0 Å². The van der Waals surface area contributed by atoms with Crippen LogP contribution in [0.1, 0.15) is 11.4 Å². The second-order valence-corrected chi connectivity index (χ2v) is 3.00. The van der Waals surface area contributed by atoms with Gasteiger partial charge in [-0.2, -0.15) is 0 Å². The molecule has 0 bridgehead atoms. The van der Waals surface area contributed by atoms with Gasteiger partial charge in [-0.25, -0.2) is 9.97 Å². The Hall–Kier alpha value is -1.32. The highest BCUT2D eigenvalue weighted by molar-refractivity contribution is 5.54. The van der Waals surface area contributed by atoms with E-state index < -0.39 is 0 Å². The summed E-state index contributed by atoms with van der Waals surface area (Å²) in [6.07, 6.45) is 0. The molecule has 0 aliphatic heterocycles. The maximum absolute atomic E-state index is 5.49. The Morgan fingerprint density at radius 1 is 1.08 bits per heavy atom. The van der Waals surface area contributed by atoms with Gasteiger partial charge in [0.25, 0.3) is 0 Å². The monoisotopic (exact) mass is 166 g/mol. The summed E-state index contributed by atoms with van der Waals surface area (Å²) in [5.74, 6) is 0.343. The summed E-state index contributed by atoms with van der Waals surface area (Å²) < 4.78 is 0. The molecule has 0 aromatic carbocycles. The van der Waals surface area contributed by atoms with Crippen LogP contribution < -0.4 is 10.6 Å². The topological polar surface area (TPSA) is 55.0 Å². The van der Waals surface area contributed by atoms with E-state index in [-0.39, 0.29) is 0 Å². The molecule has 0 aliphatic carbocycles. The molecule has 0 atom stereocenters. The Balaban J connectivity index is 3.28. The molecule has 0 radical (unpaired) electrons. The van der Waals surface area contributed by atoms with E-state index >= 15 is 0 Å². The quantitative estimate of drug-likeness (QED) is 0.668. The fourth-order valence-corrected chi connectivity index (χ4v) is 1.38. The van der Waals surface area contributed by atoms with Gasteiger partial charge in [-0.1, -0.05) is 0 Å². The van der Waals surface area contributed by atoms with Crippen LogP contribution in [0.3, 0.4) is 0 Å². The largest absolute Gasteiger partial charge is 0.375 e. The van der Waals surface area contributed by atoms with Gasteiger partial charge in [0.15, 0.2) is 0 Å². The first-order valence-corrected chi connectivity index (χ1v) is 3.80. The first kappa shape index (κ1) is 8.77. The summed E-state index contributed by atoms with van der Waals surface area (Å²) in [4.78, 5) is 10.2. The van der Waals surface area contributed by atoms with E-state index in [4.69, 9.17) is 5.73 Å². The molecule has 0 spiro atoms. The SMILES string of the molecule is Cc1nc(N)nc(C)c1N(C)C. The first-order valence-electron chi connectivity index (χ1n) is 3.80. The van der Waals surface area contributed by atoms with Gasteiger partial charge in [0.05, 0.1) is 17.1 Å². The van der Waals surface area contributed by atoms with Crippen LogP contribution in [-0.2, 0) is 0 Å². The second-order valence-electron chi connectivity index (χ2n) is 3.00. The summed E-state index contributed by atoms with van der Waals surface area (Å²) in [7, 11) is 3.93. The molecule has 1 rings (SSSR count). The number of aromatic nitrogens is 2. The summed E-state index contributed by atoms with van der Waals surface area (Å²) >= 11 is 0. The Kier molecular flexibility index (Phi) is 2.17. The lowest BCUT2D eigenvalue weighted by molar-refractivity contribution is 1.00. The minimum atomic E-state index is 0.343. The van der Waals surface area contributed by atoms with E-state index in [2.05, 4.69) is 9.97 Å². The maximum atomic E-state index is 5.49. The van der Waals surface area contributed by atoms with Gasteiger partial charge in [-0.05, 0) is 13.8 Å². The lowest BCUT2D eigenvalue weighted by atomic mass is 10.2. The molecule has 1 heterocycles. The number of rotatable bonds is 1. The fraction of sp³-hybridized carbons (Fsp3) is 0.500. The molecule has 1 aromatic heterocycles. The lowest BCUT2D eigenvalue weighted by Gasteiger charge is -2.16. The molecule has 0 unspecified atom stereocenters. The standard InChI is InChI=1S/C8H14N4/c1-5-7(12(3)4)6(2)11-8(9)10-5/h1-4H3,(H2,9,10,11). The van der Waals surface area contributed by atoms with Gasteiger partial charge >= 0.3 is 0 Å². The zero-order valence-corrected chi connectivity index (χ0v) is 7.92. The van der Waals surface area contributed by atoms with Crippen LogP contribution in [0.4, 0.5) is 11.6 Å². The Morgan fingerprint density at radius 3 is 1.83 bits per heavy atom. The minimum Gasteiger partial charge on any atom is -0.375 e. The Labute approximate surface area is 72.4 Å². The lowest BCUT2D eigenvalue weighted by Crippen LogP contribution is -2.14. The molecule has 12 heavy (non-hydrogen) atoms. The fourth-order valence-electron chi connectivity index (χ4n) is 1.38. The third-order valence-electron chi connectivity index (χ3n) is 1.70. The van der Waals surface area contributed by atoms with E-state index in [1.165, 1.54) is 0 Å². The highest BCUT2D eigenvalue weighted by Gasteiger charge is 2.07. The van der Waals surface area contributed by atoms with Crippen molar-refractivity contribution in [2.45, 2.75) is 13.8 Å². The molecule has 0 amide bonds. The molecule has 4 nitrogen and oxygen atoms in total. The van der Waals surface area contributed by atoms with E-state index in [0.717, 1.165) is 17.1 Å². The highest BCUT2D eigenvalue weighted by atomic mass is 15.1. The van der Waals surface area contributed by atoms with Crippen LogP contribution in [0.5, 0.6) is 0 Å². The van der Waals surface area contributed by atoms with Crippen molar-refractivity contribution < 1.29 is 0 Å². The summed E-state index contributed by atoms with van der Waals surface area (Å²) in [6, 6.07) is 0. The van der Waals surface area contributed by atoms with Crippen LogP contribution in [0.25, 0.3) is 0 Å². The van der Waals surface area contributed by atoms with Crippen LogP contribution in [-0.4, -0.2) is 24.1 Å². The number of hydrogen-bond acceptors (Lipinski definition) is 4. The highest BCUT2D eigenvalue weighted by Crippen LogP contribution is 2.19. The smallest absolute Gasteiger partial charge is 0.220 e. The van der Waals surface area contributed by atoms with E-state index in [1.54, 1.807) is 0 Å². The zero-order valence-electron chi connectivity index (χ0n) is 7.92. The van der Waals surface area contributed by atoms with Gasteiger partial charge in [0.1, 0.15) is 0 Å². The predicted molar refractivity (Wildman–Crippen MR) is 50.2 cm³/mol. The third kappa shape index (κ3) is 1.47. The van der Waals surface area contributed by atoms with Crippen LogP contribution in [0.2, 0.25) is 0 Å². The molecule has 1 aromatic rings. The van der Waals surface area contributed by atoms with Crippen molar-refractivity contribution in [3.8, 4) is 0 Å². The maximum Gasteiger partial charge on any atom is 0.220 e. The van der Waals surface area contributed by atoms with Crippen molar-refractivity contribution in [1.82, 2.24) is 9.97 Å². The van der Waals surface area contributed by atoms with E-state index in [9.17, 15) is 0 Å². The number of anilines is 2. The molecular weight excluding hydrogens is 152 g/mol. The van der Waals surface area contributed by atoms with Crippen molar-refractivity contribution >= 4 is 11.6 Å². The molecule has 0 fully saturated rings. The van der Waals surface area contributed by atoms with Crippen molar-refractivity contribution in [3.05, 3.63) is 11.4 Å². The number of nitrogens with two attached hydrogens (primary N) is 1. The molecule has 2 N–H and O–H groups in total. The average molecular weight is 166 g/mol. The van der Waals surface area contributed by atoms with Crippen LogP contribution in [0, 0.1) is 13.8 Å². The molecular formula is C8H14N4. The number of nitrogen functional groups attached to an aromatic ring is 1. The number of nitrogens with zero attached hydrogens (tertiary/aromatic N) is 3. The van der Waals surface area contributed by atoms with Gasteiger partial charge in [-0.15, -0.1) is 0 Å². The Bertz CT molecular complexity index is 270. The van der Waals surface area contributed by atoms with Crippen molar-refractivity contribution in [2.75, 3.05) is 24.7 Å². The summed E-state index contributed by atoms with van der Waals surface area (Å²) in [5.41, 5.74) is 8.38. The third-order valence-corrected chi connectivity index (χ3v) is 1.70. The number of aryl methyl sites for hydroxylation is 2. The second kappa shape index (κ2) is 2.97. The summed E-state index contributed by atoms with van der Waals surface area (Å²) in [5, 5.41) is 0. The Morgan fingerprint density at radius 2 is 1.50 bits per heavy atom. The van der Waals surface area contributed by atoms with Crippen molar-refractivity contribution in [3.63, 3.8) is 0 Å². The first-order chi connectivity index (χ1) is 5.52. The van der Waals surface area contributed by atoms with Crippen LogP contribution >= 0.6 is 0 Å². The molecule has 0 saturated carbocycles. The molecule has 4 heteroatoms. The average Bonchev–Trinajstić information content (AvgIpc) is 1.82. The molecule has 0 aliphatic rings. The van der Waals surface area contributed by atoms with Gasteiger partial charge in [0, 0.05) is 14.1 Å². The summed E-state index contributed by atoms with van der Waals surface area (Å²) in [6.45, 7) is 3.86. The predicted octanol–water partition coefficient (Wildman–Crippen LogP) is 0.742. The van der Waals surface area contributed by atoms with Crippen molar-refractivity contribution in [1.29, 1.82) is 0 Å². The van der Waals surface area contributed by atoms with Gasteiger partial charge in [0.2, 0.25) is 5.95 Å². The number of hydrogen-bond donors (Lipinski definition) is 1. The van der Waals surface area contributed by atoms with Crippen LogP contribution in [0.15, 0.2) is 0 Å². The molecule has 0 saturated heterocycles. The zero-order chi connectivity index (χ0) is 9.30.